The van der Waals surface area contributed by atoms with Gasteiger partial charge in [0.05, 0.1) is 12.3 Å². The Morgan fingerprint density at radius 1 is 1.19 bits per heavy atom. The van der Waals surface area contributed by atoms with Crippen molar-refractivity contribution in [3.05, 3.63) is 36.5 Å². The molecule has 3 N–H and O–H groups in total. The first-order valence-corrected chi connectivity index (χ1v) is 5.33. The molecule has 2 aromatic rings. The second-order valence-corrected chi connectivity index (χ2v) is 3.47. The molecule has 84 valence electrons. The van der Waals surface area contributed by atoms with E-state index in [1.807, 2.05) is 30.3 Å². The van der Waals surface area contributed by atoms with E-state index in [1.54, 1.807) is 6.20 Å². The summed E-state index contributed by atoms with van der Waals surface area (Å²) in [6.07, 6.45) is 2.68. The second-order valence-electron chi connectivity index (χ2n) is 3.47. The molecule has 0 fully saturated rings. The molecule has 0 saturated heterocycles. The quantitative estimate of drug-likeness (QED) is 0.751. The van der Waals surface area contributed by atoms with Crippen molar-refractivity contribution in [3.8, 4) is 17.0 Å². The highest BCUT2D eigenvalue weighted by Crippen LogP contribution is 2.20. The molecule has 0 spiro atoms. The number of rotatable bonds is 5. The molecule has 0 amide bonds. The monoisotopic (exact) mass is 217 g/mol. The molecule has 16 heavy (non-hydrogen) atoms. The maximum absolute atomic E-state index is 5.51. The van der Waals surface area contributed by atoms with Gasteiger partial charge < -0.3 is 10.5 Å². The Labute approximate surface area is 94.4 Å². The molecule has 0 radical (unpaired) electrons. The van der Waals surface area contributed by atoms with Crippen LogP contribution in [0, 0.1) is 0 Å². The number of H-pyrrole nitrogens is 1. The lowest BCUT2D eigenvalue weighted by molar-refractivity contribution is 0.313. The number of benzene rings is 1. The minimum Gasteiger partial charge on any atom is -0.494 e. The molecule has 4 nitrogen and oxygen atoms in total. The van der Waals surface area contributed by atoms with E-state index in [0.29, 0.717) is 13.2 Å². The molecule has 1 aromatic heterocycles. The van der Waals surface area contributed by atoms with Crippen molar-refractivity contribution in [1.29, 1.82) is 0 Å². The van der Waals surface area contributed by atoms with Gasteiger partial charge in [-0.2, -0.15) is 5.10 Å². The summed E-state index contributed by atoms with van der Waals surface area (Å²) < 4.78 is 5.51. The van der Waals surface area contributed by atoms with Crippen LogP contribution in [0.5, 0.6) is 5.75 Å². The average molecular weight is 217 g/mol. The molecule has 0 saturated carbocycles. The topological polar surface area (TPSA) is 63.9 Å². The van der Waals surface area contributed by atoms with E-state index in [-0.39, 0.29) is 0 Å². The van der Waals surface area contributed by atoms with E-state index in [0.717, 1.165) is 23.4 Å². The Morgan fingerprint density at radius 2 is 2.00 bits per heavy atom. The van der Waals surface area contributed by atoms with E-state index >= 15 is 0 Å². The molecule has 0 atom stereocenters. The maximum Gasteiger partial charge on any atom is 0.119 e. The first-order valence-electron chi connectivity index (χ1n) is 5.33. The maximum atomic E-state index is 5.51. The fourth-order valence-corrected chi connectivity index (χ4v) is 1.42. The molecule has 2 rings (SSSR count). The van der Waals surface area contributed by atoms with E-state index in [2.05, 4.69) is 10.2 Å². The summed E-state index contributed by atoms with van der Waals surface area (Å²) in [4.78, 5) is 0. The molecule has 0 aliphatic heterocycles. The van der Waals surface area contributed by atoms with Crippen LogP contribution in [-0.2, 0) is 0 Å². The SMILES string of the molecule is NCCCOc1ccc(-c2cc[nH]n2)cc1. The van der Waals surface area contributed by atoms with Crippen LogP contribution in [0.4, 0.5) is 0 Å². The number of ether oxygens (including phenoxy) is 1. The number of nitrogens with one attached hydrogen (secondary N) is 1. The van der Waals surface area contributed by atoms with Gasteiger partial charge >= 0.3 is 0 Å². The lowest BCUT2D eigenvalue weighted by atomic mass is 10.1. The van der Waals surface area contributed by atoms with Crippen molar-refractivity contribution >= 4 is 0 Å². The van der Waals surface area contributed by atoms with Gasteiger partial charge in [0.25, 0.3) is 0 Å². The molecule has 0 unspecified atom stereocenters. The van der Waals surface area contributed by atoms with Crippen LogP contribution in [-0.4, -0.2) is 23.3 Å². The summed E-state index contributed by atoms with van der Waals surface area (Å²) in [5, 5.41) is 6.90. The van der Waals surface area contributed by atoms with Crippen molar-refractivity contribution in [1.82, 2.24) is 10.2 Å². The lowest BCUT2D eigenvalue weighted by Gasteiger charge is -2.05. The van der Waals surface area contributed by atoms with Gasteiger partial charge in [0.1, 0.15) is 5.75 Å². The highest BCUT2D eigenvalue weighted by molar-refractivity contribution is 5.59. The van der Waals surface area contributed by atoms with E-state index < -0.39 is 0 Å². The molecule has 0 bridgehead atoms. The molecule has 1 aromatic carbocycles. The second kappa shape index (κ2) is 5.32. The number of aromatic amines is 1. The Bertz CT molecular complexity index is 408. The highest BCUT2D eigenvalue weighted by Gasteiger charge is 1.99. The predicted molar refractivity (Wildman–Crippen MR) is 63.2 cm³/mol. The summed E-state index contributed by atoms with van der Waals surface area (Å²) in [6.45, 7) is 1.32. The number of nitrogens with two attached hydrogens (primary N) is 1. The van der Waals surface area contributed by atoms with Crippen LogP contribution in [0.15, 0.2) is 36.5 Å². The fraction of sp³-hybridized carbons (Fsp3) is 0.250. The molecule has 0 aliphatic rings. The standard InChI is InChI=1S/C12H15N3O/c13-7-1-9-16-11-4-2-10(3-5-11)12-6-8-14-15-12/h2-6,8H,1,7,9,13H2,(H,14,15). The molecule has 4 heteroatoms. The van der Waals surface area contributed by atoms with Crippen molar-refractivity contribution < 1.29 is 4.74 Å². The minimum absolute atomic E-state index is 0.658. The fourth-order valence-electron chi connectivity index (χ4n) is 1.42. The van der Waals surface area contributed by atoms with E-state index in [4.69, 9.17) is 10.5 Å². The Morgan fingerprint density at radius 3 is 2.62 bits per heavy atom. The Hall–Kier alpha value is -1.81. The zero-order valence-corrected chi connectivity index (χ0v) is 9.02. The van der Waals surface area contributed by atoms with Crippen LogP contribution in [0.25, 0.3) is 11.3 Å². The highest BCUT2D eigenvalue weighted by atomic mass is 16.5. The normalized spacial score (nSPS) is 10.3. The number of nitrogens with zero attached hydrogens (tertiary/aromatic N) is 1. The largest absolute Gasteiger partial charge is 0.494 e. The van der Waals surface area contributed by atoms with Gasteiger partial charge in [-0.15, -0.1) is 0 Å². The van der Waals surface area contributed by atoms with Crippen LogP contribution < -0.4 is 10.5 Å². The summed E-state index contributed by atoms with van der Waals surface area (Å²) in [6, 6.07) is 9.81. The van der Waals surface area contributed by atoms with Crippen LogP contribution in [0.3, 0.4) is 0 Å². The molecular formula is C12H15N3O. The van der Waals surface area contributed by atoms with E-state index in [1.165, 1.54) is 0 Å². The summed E-state index contributed by atoms with van der Waals surface area (Å²) in [7, 11) is 0. The van der Waals surface area contributed by atoms with Crippen LogP contribution in [0.2, 0.25) is 0 Å². The van der Waals surface area contributed by atoms with Gasteiger partial charge in [-0.1, -0.05) is 0 Å². The first kappa shape index (κ1) is 10.7. The predicted octanol–water partition coefficient (Wildman–Crippen LogP) is 1.80. The molecule has 0 aliphatic carbocycles. The Kier molecular flexibility index (Phi) is 3.56. The molecule has 1 heterocycles. The van der Waals surface area contributed by atoms with Crippen molar-refractivity contribution in [2.45, 2.75) is 6.42 Å². The zero-order valence-electron chi connectivity index (χ0n) is 9.02. The van der Waals surface area contributed by atoms with Gasteiger partial charge in [-0.05, 0) is 43.3 Å². The van der Waals surface area contributed by atoms with Crippen molar-refractivity contribution in [2.24, 2.45) is 5.73 Å². The van der Waals surface area contributed by atoms with Crippen molar-refractivity contribution in [2.75, 3.05) is 13.2 Å². The van der Waals surface area contributed by atoms with E-state index in [9.17, 15) is 0 Å². The van der Waals surface area contributed by atoms with Crippen LogP contribution in [0.1, 0.15) is 6.42 Å². The van der Waals surface area contributed by atoms with Gasteiger partial charge in [0.2, 0.25) is 0 Å². The minimum atomic E-state index is 0.658. The summed E-state index contributed by atoms with van der Waals surface area (Å²) in [5.41, 5.74) is 7.40. The lowest BCUT2D eigenvalue weighted by Crippen LogP contribution is -2.05. The third-order valence-corrected chi connectivity index (χ3v) is 2.27. The molecular weight excluding hydrogens is 202 g/mol. The van der Waals surface area contributed by atoms with Gasteiger partial charge in [0.15, 0.2) is 0 Å². The zero-order chi connectivity index (χ0) is 11.2. The smallest absolute Gasteiger partial charge is 0.119 e. The van der Waals surface area contributed by atoms with Gasteiger partial charge in [-0.3, -0.25) is 5.10 Å². The average Bonchev–Trinajstić information content (AvgIpc) is 2.84. The van der Waals surface area contributed by atoms with Gasteiger partial charge in [0, 0.05) is 11.8 Å². The first-order chi connectivity index (χ1) is 7.90. The number of hydrogen-bond donors (Lipinski definition) is 2. The van der Waals surface area contributed by atoms with Crippen LogP contribution >= 0.6 is 0 Å². The summed E-state index contributed by atoms with van der Waals surface area (Å²) >= 11 is 0. The summed E-state index contributed by atoms with van der Waals surface area (Å²) in [5.74, 6) is 0.868. The number of aromatic nitrogens is 2. The number of hydrogen-bond acceptors (Lipinski definition) is 3. The third-order valence-electron chi connectivity index (χ3n) is 2.27. The Balaban J connectivity index is 2.00. The van der Waals surface area contributed by atoms with Crippen molar-refractivity contribution in [3.63, 3.8) is 0 Å². The third kappa shape index (κ3) is 2.61. The van der Waals surface area contributed by atoms with Gasteiger partial charge in [-0.25, -0.2) is 0 Å².